The van der Waals surface area contributed by atoms with E-state index in [1.807, 2.05) is 84.8 Å². The number of imidazole rings is 1. The normalized spacial score (nSPS) is 12.5. The Morgan fingerprint density at radius 3 is 2.59 bits per heavy atom. The molecule has 0 aliphatic rings. The van der Waals surface area contributed by atoms with Gasteiger partial charge in [0, 0.05) is 25.0 Å². The monoisotopic (exact) mass is 446 g/mol. The minimum atomic E-state index is -0.227. The number of amides is 1. The summed E-state index contributed by atoms with van der Waals surface area (Å²) in [6.45, 7) is 1.93. The average molecular weight is 447 g/mol. The molecule has 5 rings (SSSR count). The maximum absolute atomic E-state index is 12.5. The summed E-state index contributed by atoms with van der Waals surface area (Å²) in [7, 11) is 3.92. The van der Waals surface area contributed by atoms with E-state index in [-0.39, 0.29) is 17.7 Å². The SMILES string of the molecule is CC(NC(=O)CSc1nnc(-c2cc3ccccc3n2C)o1)c1nc2ccccc2n1C. The number of aromatic nitrogens is 5. The molecule has 0 spiro atoms. The van der Waals surface area contributed by atoms with Crippen molar-refractivity contribution in [2.75, 3.05) is 5.75 Å². The molecule has 1 atom stereocenters. The van der Waals surface area contributed by atoms with E-state index in [0.717, 1.165) is 33.5 Å². The van der Waals surface area contributed by atoms with E-state index < -0.39 is 0 Å². The van der Waals surface area contributed by atoms with Gasteiger partial charge in [-0.1, -0.05) is 42.1 Å². The summed E-state index contributed by atoms with van der Waals surface area (Å²) in [5.74, 6) is 1.28. The summed E-state index contributed by atoms with van der Waals surface area (Å²) in [6, 6.07) is 17.8. The Balaban J connectivity index is 1.24. The molecule has 1 unspecified atom stereocenters. The number of fused-ring (bicyclic) bond motifs is 2. The van der Waals surface area contributed by atoms with E-state index >= 15 is 0 Å². The van der Waals surface area contributed by atoms with Crippen LogP contribution < -0.4 is 5.32 Å². The van der Waals surface area contributed by atoms with Crippen LogP contribution in [-0.4, -0.2) is 36.0 Å². The number of thioether (sulfide) groups is 1. The van der Waals surface area contributed by atoms with Gasteiger partial charge in [0.05, 0.1) is 22.8 Å². The lowest BCUT2D eigenvalue weighted by atomic mass is 10.2. The highest BCUT2D eigenvalue weighted by molar-refractivity contribution is 7.99. The lowest BCUT2D eigenvalue weighted by Gasteiger charge is -2.13. The zero-order valence-electron chi connectivity index (χ0n) is 17.9. The minimum absolute atomic E-state index is 0.126. The molecule has 0 fully saturated rings. The largest absolute Gasteiger partial charge is 0.410 e. The van der Waals surface area contributed by atoms with Crippen LogP contribution in [0.5, 0.6) is 0 Å². The maximum atomic E-state index is 12.5. The molecule has 3 aromatic heterocycles. The van der Waals surface area contributed by atoms with Crippen molar-refractivity contribution in [2.45, 2.75) is 18.2 Å². The van der Waals surface area contributed by atoms with Gasteiger partial charge in [-0.05, 0) is 31.2 Å². The molecule has 162 valence electrons. The van der Waals surface area contributed by atoms with E-state index in [9.17, 15) is 4.79 Å². The second-order valence-electron chi connectivity index (χ2n) is 7.62. The Kier molecular flexibility index (Phi) is 5.18. The first-order valence-electron chi connectivity index (χ1n) is 10.2. The highest BCUT2D eigenvalue weighted by Gasteiger charge is 2.18. The number of aryl methyl sites for hydroxylation is 2. The predicted octanol–water partition coefficient (Wildman–Crippen LogP) is 4.08. The molecule has 0 saturated heterocycles. The zero-order valence-corrected chi connectivity index (χ0v) is 18.8. The first-order valence-corrected chi connectivity index (χ1v) is 11.2. The molecule has 0 saturated carbocycles. The molecule has 0 bridgehead atoms. The van der Waals surface area contributed by atoms with Crippen LogP contribution in [-0.2, 0) is 18.9 Å². The van der Waals surface area contributed by atoms with Crippen LogP contribution in [0.3, 0.4) is 0 Å². The van der Waals surface area contributed by atoms with Gasteiger partial charge in [-0.3, -0.25) is 4.79 Å². The number of para-hydroxylation sites is 3. The highest BCUT2D eigenvalue weighted by atomic mass is 32.2. The van der Waals surface area contributed by atoms with Crippen LogP contribution in [0.25, 0.3) is 33.5 Å². The van der Waals surface area contributed by atoms with Gasteiger partial charge in [-0.15, -0.1) is 10.2 Å². The topological polar surface area (TPSA) is 90.8 Å². The standard InChI is InChI=1S/C23H22N6O2S/c1-14(21-25-16-9-5-7-11-18(16)29(21)3)24-20(30)13-32-23-27-26-22(31-23)19-12-15-8-4-6-10-17(15)28(19)2/h4-12,14H,13H2,1-3H3,(H,24,30). The van der Waals surface area contributed by atoms with E-state index in [1.165, 1.54) is 11.8 Å². The van der Waals surface area contributed by atoms with Crippen molar-refractivity contribution < 1.29 is 9.21 Å². The molecule has 0 aliphatic heterocycles. The van der Waals surface area contributed by atoms with Gasteiger partial charge < -0.3 is 18.9 Å². The number of hydrogen-bond acceptors (Lipinski definition) is 6. The van der Waals surface area contributed by atoms with Gasteiger partial charge in [0.15, 0.2) is 0 Å². The summed E-state index contributed by atoms with van der Waals surface area (Å²) in [6.07, 6.45) is 0. The number of benzene rings is 2. The van der Waals surface area contributed by atoms with Gasteiger partial charge in [0.2, 0.25) is 5.91 Å². The summed E-state index contributed by atoms with van der Waals surface area (Å²) >= 11 is 1.21. The molecular weight excluding hydrogens is 424 g/mol. The first-order chi connectivity index (χ1) is 15.5. The van der Waals surface area contributed by atoms with Crippen LogP contribution in [0.15, 0.2) is 64.2 Å². The molecule has 2 aromatic carbocycles. The summed E-state index contributed by atoms with van der Waals surface area (Å²) in [5.41, 5.74) is 3.87. The maximum Gasteiger partial charge on any atom is 0.277 e. The molecule has 8 nitrogen and oxygen atoms in total. The second-order valence-corrected chi connectivity index (χ2v) is 8.54. The number of carbonyl (C=O) groups is 1. The number of nitrogens with zero attached hydrogens (tertiary/aromatic N) is 5. The van der Waals surface area contributed by atoms with Crippen LogP contribution >= 0.6 is 11.8 Å². The zero-order chi connectivity index (χ0) is 22.2. The van der Waals surface area contributed by atoms with Crippen LogP contribution in [0.2, 0.25) is 0 Å². The van der Waals surface area contributed by atoms with E-state index in [4.69, 9.17) is 4.42 Å². The smallest absolute Gasteiger partial charge is 0.277 e. The molecule has 0 radical (unpaired) electrons. The number of carbonyl (C=O) groups excluding carboxylic acids is 1. The first kappa shape index (κ1) is 20.3. The Bertz CT molecular complexity index is 1430. The molecule has 3 heterocycles. The van der Waals surface area contributed by atoms with Crippen molar-refractivity contribution in [3.05, 3.63) is 60.4 Å². The Morgan fingerprint density at radius 2 is 1.81 bits per heavy atom. The predicted molar refractivity (Wildman–Crippen MR) is 124 cm³/mol. The average Bonchev–Trinajstić information content (AvgIpc) is 3.49. The number of rotatable bonds is 6. The Hall–Kier alpha value is -3.59. The van der Waals surface area contributed by atoms with Crippen LogP contribution in [0.4, 0.5) is 0 Å². The van der Waals surface area contributed by atoms with Gasteiger partial charge in [0.25, 0.3) is 11.1 Å². The second kappa shape index (κ2) is 8.16. The fourth-order valence-electron chi connectivity index (χ4n) is 3.89. The third kappa shape index (κ3) is 3.64. The number of nitrogens with one attached hydrogen (secondary N) is 1. The molecule has 32 heavy (non-hydrogen) atoms. The molecule has 5 aromatic rings. The van der Waals surface area contributed by atoms with Crippen molar-refractivity contribution in [1.29, 1.82) is 0 Å². The van der Waals surface area contributed by atoms with E-state index in [0.29, 0.717) is 11.1 Å². The van der Waals surface area contributed by atoms with Crippen molar-refractivity contribution in [3.8, 4) is 11.6 Å². The van der Waals surface area contributed by atoms with Crippen LogP contribution in [0, 0.1) is 0 Å². The summed E-state index contributed by atoms with van der Waals surface area (Å²) < 4.78 is 9.82. The molecule has 0 aliphatic carbocycles. The lowest BCUT2D eigenvalue weighted by Crippen LogP contribution is -2.29. The Labute approximate surface area is 188 Å². The fraction of sp³-hybridized carbons (Fsp3) is 0.217. The molecule has 1 amide bonds. The fourth-order valence-corrected chi connectivity index (χ4v) is 4.47. The molecule has 9 heteroatoms. The van der Waals surface area contributed by atoms with Gasteiger partial charge >= 0.3 is 0 Å². The minimum Gasteiger partial charge on any atom is -0.410 e. The van der Waals surface area contributed by atoms with Crippen molar-refractivity contribution >= 4 is 39.6 Å². The van der Waals surface area contributed by atoms with Gasteiger partial charge in [-0.2, -0.15) is 0 Å². The third-order valence-corrected chi connectivity index (χ3v) is 6.31. The lowest BCUT2D eigenvalue weighted by molar-refractivity contribution is -0.119. The van der Waals surface area contributed by atoms with Crippen molar-refractivity contribution in [2.24, 2.45) is 14.1 Å². The quantitative estimate of drug-likeness (QED) is 0.395. The van der Waals surface area contributed by atoms with E-state index in [2.05, 4.69) is 20.5 Å². The number of hydrogen-bond donors (Lipinski definition) is 1. The van der Waals surface area contributed by atoms with Crippen LogP contribution in [0.1, 0.15) is 18.8 Å². The van der Waals surface area contributed by atoms with Gasteiger partial charge in [0.1, 0.15) is 11.5 Å². The highest BCUT2D eigenvalue weighted by Crippen LogP contribution is 2.28. The third-order valence-electron chi connectivity index (χ3n) is 5.49. The van der Waals surface area contributed by atoms with Gasteiger partial charge in [-0.25, -0.2) is 4.98 Å². The van der Waals surface area contributed by atoms with E-state index in [1.54, 1.807) is 0 Å². The molecule has 1 N–H and O–H groups in total. The summed E-state index contributed by atoms with van der Waals surface area (Å²) in [4.78, 5) is 17.2. The van der Waals surface area contributed by atoms with Crippen molar-refractivity contribution in [3.63, 3.8) is 0 Å². The van der Waals surface area contributed by atoms with Crippen molar-refractivity contribution in [1.82, 2.24) is 29.6 Å². The molecular formula is C23H22N6O2S. The Morgan fingerprint density at radius 1 is 1.06 bits per heavy atom. The summed E-state index contributed by atoms with van der Waals surface area (Å²) in [5, 5.41) is 12.7.